The van der Waals surface area contributed by atoms with E-state index in [2.05, 4.69) is 12.1 Å². The average Bonchev–Trinajstić information content (AvgIpc) is 2.44. The summed E-state index contributed by atoms with van der Waals surface area (Å²) < 4.78 is 5.01. The zero-order chi connectivity index (χ0) is 13.9. The van der Waals surface area contributed by atoms with Crippen LogP contribution in [-0.2, 0) is 16.0 Å². The first-order valence-corrected chi connectivity index (χ1v) is 6.78. The number of methoxy groups -OCH3 is 1. The molecule has 2 N–H and O–H groups in total. The van der Waals surface area contributed by atoms with E-state index in [9.17, 15) is 4.79 Å². The van der Waals surface area contributed by atoms with Crippen LogP contribution in [0.4, 0.5) is 0 Å². The molecule has 1 aromatic rings. The monoisotopic (exact) mass is 264 g/mol. The minimum absolute atomic E-state index is 0.165. The maximum absolute atomic E-state index is 12.0. The molecule has 0 aliphatic carbocycles. The Kier molecular flexibility index (Phi) is 7.86. The normalized spacial score (nSPS) is 10.4. The van der Waals surface area contributed by atoms with Crippen molar-refractivity contribution in [1.29, 1.82) is 0 Å². The maximum Gasteiger partial charge on any atom is 0.222 e. The van der Waals surface area contributed by atoms with E-state index < -0.39 is 0 Å². The number of hydrogen-bond acceptors (Lipinski definition) is 3. The van der Waals surface area contributed by atoms with E-state index in [1.807, 2.05) is 18.2 Å². The first-order valence-electron chi connectivity index (χ1n) is 6.78. The molecule has 1 aromatic carbocycles. The molecule has 4 heteroatoms. The number of hydrogen-bond donors (Lipinski definition) is 1. The van der Waals surface area contributed by atoms with Crippen LogP contribution in [0.5, 0.6) is 0 Å². The van der Waals surface area contributed by atoms with Crippen LogP contribution in [0, 0.1) is 0 Å². The number of aryl methyl sites for hydroxylation is 1. The molecule has 0 saturated heterocycles. The summed E-state index contributed by atoms with van der Waals surface area (Å²) in [6.07, 6.45) is 2.38. The minimum Gasteiger partial charge on any atom is -0.383 e. The number of ether oxygens (including phenoxy) is 1. The summed E-state index contributed by atoms with van der Waals surface area (Å²) in [6.45, 7) is 2.28. The lowest BCUT2D eigenvalue weighted by atomic mass is 10.1. The molecule has 106 valence electrons. The van der Waals surface area contributed by atoms with Crippen molar-refractivity contribution in [3.05, 3.63) is 35.9 Å². The van der Waals surface area contributed by atoms with Crippen LogP contribution in [0.3, 0.4) is 0 Å². The Morgan fingerprint density at radius 3 is 2.63 bits per heavy atom. The lowest BCUT2D eigenvalue weighted by Gasteiger charge is -2.21. The Hall–Kier alpha value is -1.39. The fraction of sp³-hybridized carbons (Fsp3) is 0.533. The molecule has 1 rings (SSSR count). The first kappa shape index (κ1) is 15.7. The molecule has 0 aliphatic heterocycles. The minimum atomic E-state index is 0.165. The number of amides is 1. The van der Waals surface area contributed by atoms with Gasteiger partial charge in [-0.1, -0.05) is 30.3 Å². The Balaban J connectivity index is 2.31. The Morgan fingerprint density at radius 1 is 1.26 bits per heavy atom. The molecule has 0 fully saturated rings. The first-order chi connectivity index (χ1) is 9.27. The summed E-state index contributed by atoms with van der Waals surface area (Å²) in [5.41, 5.74) is 6.80. The molecule has 4 nitrogen and oxygen atoms in total. The third kappa shape index (κ3) is 6.36. The van der Waals surface area contributed by atoms with E-state index >= 15 is 0 Å². The SMILES string of the molecule is COCCN(CCN)C(=O)CCCc1ccccc1. The lowest BCUT2D eigenvalue weighted by molar-refractivity contribution is -0.131. The summed E-state index contributed by atoms with van der Waals surface area (Å²) in [5, 5.41) is 0. The van der Waals surface area contributed by atoms with E-state index in [1.54, 1.807) is 12.0 Å². The highest BCUT2D eigenvalue weighted by atomic mass is 16.5. The number of nitrogens with two attached hydrogens (primary N) is 1. The number of nitrogens with zero attached hydrogens (tertiary/aromatic N) is 1. The highest BCUT2D eigenvalue weighted by Crippen LogP contribution is 2.06. The van der Waals surface area contributed by atoms with Gasteiger partial charge in [0.15, 0.2) is 0 Å². The number of benzene rings is 1. The van der Waals surface area contributed by atoms with Crippen molar-refractivity contribution in [3.8, 4) is 0 Å². The van der Waals surface area contributed by atoms with Crippen LogP contribution in [0.15, 0.2) is 30.3 Å². The predicted octanol–water partition coefficient (Wildman–Crippen LogP) is 1.44. The van der Waals surface area contributed by atoms with Crippen molar-refractivity contribution in [2.24, 2.45) is 5.73 Å². The van der Waals surface area contributed by atoms with Gasteiger partial charge >= 0.3 is 0 Å². The van der Waals surface area contributed by atoms with Crippen molar-refractivity contribution < 1.29 is 9.53 Å². The second-order valence-corrected chi connectivity index (χ2v) is 4.50. The molecule has 0 radical (unpaired) electrons. The quantitative estimate of drug-likeness (QED) is 0.734. The van der Waals surface area contributed by atoms with Crippen molar-refractivity contribution in [3.63, 3.8) is 0 Å². The molecule has 0 bridgehead atoms. The van der Waals surface area contributed by atoms with Crippen LogP contribution in [0.1, 0.15) is 18.4 Å². The van der Waals surface area contributed by atoms with Crippen LogP contribution in [0.25, 0.3) is 0 Å². The zero-order valence-electron chi connectivity index (χ0n) is 11.7. The molecule has 0 spiro atoms. The van der Waals surface area contributed by atoms with Crippen molar-refractivity contribution >= 4 is 5.91 Å². The van der Waals surface area contributed by atoms with Gasteiger partial charge in [-0.2, -0.15) is 0 Å². The molecule has 1 amide bonds. The molecule has 0 unspecified atom stereocenters. The predicted molar refractivity (Wildman–Crippen MR) is 76.9 cm³/mol. The lowest BCUT2D eigenvalue weighted by Crippen LogP contribution is -2.37. The molecular weight excluding hydrogens is 240 g/mol. The number of rotatable bonds is 9. The Bertz CT molecular complexity index is 354. The smallest absolute Gasteiger partial charge is 0.222 e. The molecule has 19 heavy (non-hydrogen) atoms. The molecule has 0 atom stereocenters. The van der Waals surface area contributed by atoms with E-state index in [1.165, 1.54) is 5.56 Å². The standard InChI is InChI=1S/C15H24N2O2/c1-19-13-12-17(11-10-16)15(18)9-5-8-14-6-3-2-4-7-14/h2-4,6-7H,5,8-13,16H2,1H3. The average molecular weight is 264 g/mol. The van der Waals surface area contributed by atoms with Gasteiger partial charge in [-0.05, 0) is 18.4 Å². The number of carbonyl (C=O) groups excluding carboxylic acids is 1. The van der Waals surface area contributed by atoms with E-state index in [-0.39, 0.29) is 5.91 Å². The highest BCUT2D eigenvalue weighted by molar-refractivity contribution is 5.76. The highest BCUT2D eigenvalue weighted by Gasteiger charge is 2.11. The van der Waals surface area contributed by atoms with Gasteiger partial charge in [0.25, 0.3) is 0 Å². The van der Waals surface area contributed by atoms with Crippen molar-refractivity contribution in [2.45, 2.75) is 19.3 Å². The third-order valence-corrected chi connectivity index (χ3v) is 3.02. The molecule has 0 heterocycles. The van der Waals surface area contributed by atoms with Crippen LogP contribution in [-0.4, -0.2) is 44.2 Å². The summed E-state index contributed by atoms with van der Waals surface area (Å²) in [4.78, 5) is 13.8. The van der Waals surface area contributed by atoms with Gasteiger partial charge in [-0.3, -0.25) is 4.79 Å². The Morgan fingerprint density at radius 2 is 2.00 bits per heavy atom. The van der Waals surface area contributed by atoms with E-state index in [4.69, 9.17) is 10.5 Å². The third-order valence-electron chi connectivity index (χ3n) is 3.02. The summed E-state index contributed by atoms with van der Waals surface area (Å²) in [5.74, 6) is 0.165. The molecule has 0 aliphatic rings. The van der Waals surface area contributed by atoms with E-state index in [0.717, 1.165) is 12.8 Å². The second kappa shape index (κ2) is 9.53. The Labute approximate surface area is 115 Å². The largest absolute Gasteiger partial charge is 0.383 e. The van der Waals surface area contributed by atoms with Crippen molar-refractivity contribution in [1.82, 2.24) is 4.90 Å². The molecule has 0 saturated carbocycles. The zero-order valence-corrected chi connectivity index (χ0v) is 11.7. The summed E-state index contributed by atoms with van der Waals surface area (Å²) >= 11 is 0. The van der Waals surface area contributed by atoms with Gasteiger partial charge < -0.3 is 15.4 Å². The van der Waals surface area contributed by atoms with Gasteiger partial charge in [0.1, 0.15) is 0 Å². The fourth-order valence-corrected chi connectivity index (χ4v) is 1.97. The van der Waals surface area contributed by atoms with Gasteiger partial charge in [-0.15, -0.1) is 0 Å². The van der Waals surface area contributed by atoms with Gasteiger partial charge in [0.2, 0.25) is 5.91 Å². The van der Waals surface area contributed by atoms with Gasteiger partial charge in [0, 0.05) is 33.2 Å². The van der Waals surface area contributed by atoms with Crippen molar-refractivity contribution in [2.75, 3.05) is 33.4 Å². The maximum atomic E-state index is 12.0. The van der Waals surface area contributed by atoms with Gasteiger partial charge in [-0.25, -0.2) is 0 Å². The van der Waals surface area contributed by atoms with Crippen LogP contribution < -0.4 is 5.73 Å². The molecule has 0 aromatic heterocycles. The topological polar surface area (TPSA) is 55.6 Å². The number of carbonyl (C=O) groups is 1. The van der Waals surface area contributed by atoms with Crippen LogP contribution >= 0.6 is 0 Å². The van der Waals surface area contributed by atoms with Gasteiger partial charge in [0.05, 0.1) is 6.61 Å². The summed E-state index contributed by atoms with van der Waals surface area (Å²) in [6, 6.07) is 10.2. The van der Waals surface area contributed by atoms with E-state index in [0.29, 0.717) is 32.7 Å². The van der Waals surface area contributed by atoms with Crippen LogP contribution in [0.2, 0.25) is 0 Å². The molecular formula is C15H24N2O2. The fourth-order valence-electron chi connectivity index (χ4n) is 1.97. The second-order valence-electron chi connectivity index (χ2n) is 4.50. The summed E-state index contributed by atoms with van der Waals surface area (Å²) in [7, 11) is 1.64.